The van der Waals surface area contributed by atoms with Crippen LogP contribution in [0.25, 0.3) is 0 Å². The molecule has 2 aliphatic heterocycles. The molecule has 2 heterocycles. The number of carbonyl (C=O) groups is 1. The molecule has 0 saturated carbocycles. The number of ether oxygens (including phenoxy) is 2. The van der Waals surface area contributed by atoms with Crippen LogP contribution in [-0.2, 0) is 21.2 Å². The van der Waals surface area contributed by atoms with Gasteiger partial charge in [0.05, 0.1) is 11.5 Å². The molecule has 0 radical (unpaired) electrons. The van der Waals surface area contributed by atoms with Crippen LogP contribution in [-0.4, -0.2) is 62.4 Å². The molecule has 0 aliphatic carbocycles. The van der Waals surface area contributed by atoms with E-state index in [1.54, 1.807) is 41.3 Å². The van der Waals surface area contributed by atoms with Gasteiger partial charge in [0.1, 0.15) is 11.5 Å². The molecule has 1 unspecified atom stereocenters. The molecular weight excluding hydrogens is 428 g/mol. The number of amides is 1. The van der Waals surface area contributed by atoms with Gasteiger partial charge in [0.25, 0.3) is 5.91 Å². The summed E-state index contributed by atoms with van der Waals surface area (Å²) in [5.74, 6) is 1.18. The van der Waals surface area contributed by atoms with Crippen molar-refractivity contribution in [2.24, 2.45) is 0 Å². The minimum atomic E-state index is -3.62. The van der Waals surface area contributed by atoms with Crippen LogP contribution < -0.4 is 9.47 Å². The lowest BCUT2D eigenvalue weighted by Crippen LogP contribution is -2.53. The van der Waals surface area contributed by atoms with E-state index in [1.165, 1.54) is 4.31 Å². The van der Waals surface area contributed by atoms with Crippen molar-refractivity contribution in [3.63, 3.8) is 0 Å². The Labute approximate surface area is 181 Å². The third kappa shape index (κ3) is 4.12. The molecule has 0 spiro atoms. The predicted molar refractivity (Wildman–Crippen MR) is 113 cm³/mol. The minimum Gasteiger partial charge on any atom is -0.494 e. The first kappa shape index (κ1) is 21.0. The number of hydrogen-bond acceptors (Lipinski definition) is 5. The number of halogens is 1. The molecule has 1 fully saturated rings. The van der Waals surface area contributed by atoms with E-state index in [4.69, 9.17) is 21.1 Å². The first-order chi connectivity index (χ1) is 14.4. The van der Waals surface area contributed by atoms with Crippen LogP contribution in [0.5, 0.6) is 11.5 Å². The smallest absolute Gasteiger partial charge is 0.264 e. The van der Waals surface area contributed by atoms with Gasteiger partial charge in [-0.1, -0.05) is 11.6 Å². The maximum absolute atomic E-state index is 12.9. The number of fused-ring (bicyclic) bond motifs is 1. The summed E-state index contributed by atoms with van der Waals surface area (Å²) in [7, 11) is -3.62. The van der Waals surface area contributed by atoms with E-state index in [0.717, 1.165) is 5.56 Å². The number of piperazine rings is 1. The van der Waals surface area contributed by atoms with Crippen molar-refractivity contribution in [1.82, 2.24) is 9.21 Å². The van der Waals surface area contributed by atoms with Crippen LogP contribution in [0.4, 0.5) is 0 Å². The second kappa shape index (κ2) is 8.45. The molecule has 0 aromatic heterocycles. The maximum Gasteiger partial charge on any atom is 0.264 e. The van der Waals surface area contributed by atoms with E-state index in [-0.39, 0.29) is 23.9 Å². The zero-order chi connectivity index (χ0) is 21.3. The van der Waals surface area contributed by atoms with Crippen LogP contribution in [0.2, 0.25) is 5.02 Å². The molecular formula is C21H23ClN2O5S. The highest BCUT2D eigenvalue weighted by atomic mass is 35.5. The van der Waals surface area contributed by atoms with E-state index < -0.39 is 16.1 Å². The van der Waals surface area contributed by atoms with Gasteiger partial charge in [0.15, 0.2) is 6.10 Å². The minimum absolute atomic E-state index is 0.125. The molecule has 2 aromatic rings. The lowest BCUT2D eigenvalue weighted by Gasteiger charge is -2.35. The fourth-order valence-electron chi connectivity index (χ4n) is 3.73. The van der Waals surface area contributed by atoms with Crippen LogP contribution in [0.15, 0.2) is 47.4 Å². The highest BCUT2D eigenvalue weighted by molar-refractivity contribution is 7.89. The average molecular weight is 451 g/mol. The van der Waals surface area contributed by atoms with Crippen molar-refractivity contribution in [2.75, 3.05) is 32.8 Å². The Morgan fingerprint density at radius 3 is 2.50 bits per heavy atom. The summed E-state index contributed by atoms with van der Waals surface area (Å²) in [6, 6.07) is 11.7. The van der Waals surface area contributed by atoms with E-state index in [1.807, 2.05) is 13.0 Å². The molecule has 30 heavy (non-hydrogen) atoms. The number of carbonyl (C=O) groups excluding carboxylic acids is 1. The monoisotopic (exact) mass is 450 g/mol. The van der Waals surface area contributed by atoms with Gasteiger partial charge in [-0.25, -0.2) is 8.42 Å². The third-order valence-electron chi connectivity index (χ3n) is 5.30. The fourth-order valence-corrected chi connectivity index (χ4v) is 5.35. The Kier molecular flexibility index (Phi) is 5.90. The summed E-state index contributed by atoms with van der Waals surface area (Å²) in [5.41, 5.74) is 0.914. The normalized spacial score (nSPS) is 19.3. The SMILES string of the molecule is CCOc1ccc(S(=O)(=O)N2CCN(C(=O)C3Cc4cc(Cl)ccc4O3)CC2)cc1. The summed E-state index contributed by atoms with van der Waals surface area (Å²) in [5, 5.41) is 0.610. The second-order valence-corrected chi connectivity index (χ2v) is 9.57. The van der Waals surface area contributed by atoms with Gasteiger partial charge < -0.3 is 14.4 Å². The first-order valence-corrected chi connectivity index (χ1v) is 11.7. The number of benzene rings is 2. The zero-order valence-corrected chi connectivity index (χ0v) is 18.2. The molecule has 2 aliphatic rings. The molecule has 9 heteroatoms. The highest BCUT2D eigenvalue weighted by Gasteiger charge is 2.36. The molecule has 0 bridgehead atoms. The lowest BCUT2D eigenvalue weighted by molar-refractivity contribution is -0.139. The molecule has 4 rings (SSSR count). The van der Waals surface area contributed by atoms with Crippen molar-refractivity contribution in [1.29, 1.82) is 0 Å². The van der Waals surface area contributed by atoms with Crippen molar-refractivity contribution >= 4 is 27.5 Å². The zero-order valence-electron chi connectivity index (χ0n) is 16.6. The number of rotatable bonds is 5. The maximum atomic E-state index is 12.9. The molecule has 1 atom stereocenters. The van der Waals surface area contributed by atoms with E-state index in [2.05, 4.69) is 0 Å². The summed E-state index contributed by atoms with van der Waals surface area (Å²) in [6.45, 7) is 3.53. The lowest BCUT2D eigenvalue weighted by atomic mass is 10.1. The molecule has 2 aromatic carbocycles. The standard InChI is InChI=1S/C21H23ClN2O5S/c1-2-28-17-4-6-18(7-5-17)30(26,27)24-11-9-23(10-12-24)21(25)20-14-15-13-16(22)3-8-19(15)29-20/h3-8,13,20H,2,9-12,14H2,1H3. The number of nitrogens with zero attached hydrogens (tertiary/aromatic N) is 2. The van der Waals surface area contributed by atoms with E-state index in [9.17, 15) is 13.2 Å². The molecule has 1 saturated heterocycles. The van der Waals surface area contributed by atoms with E-state index in [0.29, 0.717) is 42.6 Å². The van der Waals surface area contributed by atoms with Crippen molar-refractivity contribution in [3.05, 3.63) is 53.1 Å². The highest BCUT2D eigenvalue weighted by Crippen LogP contribution is 2.32. The van der Waals surface area contributed by atoms with Crippen LogP contribution in [0.1, 0.15) is 12.5 Å². The second-order valence-electron chi connectivity index (χ2n) is 7.20. The summed E-state index contributed by atoms with van der Waals surface area (Å²) in [4.78, 5) is 14.8. The third-order valence-corrected chi connectivity index (χ3v) is 7.44. The van der Waals surface area contributed by atoms with Crippen LogP contribution >= 0.6 is 11.6 Å². The van der Waals surface area contributed by atoms with Crippen LogP contribution in [0.3, 0.4) is 0 Å². The Hall–Kier alpha value is -2.29. The van der Waals surface area contributed by atoms with Gasteiger partial charge >= 0.3 is 0 Å². The summed E-state index contributed by atoms with van der Waals surface area (Å²) >= 11 is 6.01. The Morgan fingerprint density at radius 1 is 1.13 bits per heavy atom. The molecule has 0 N–H and O–H groups in total. The van der Waals surface area contributed by atoms with Crippen molar-refractivity contribution in [2.45, 2.75) is 24.3 Å². The molecule has 7 nitrogen and oxygen atoms in total. The van der Waals surface area contributed by atoms with Crippen molar-refractivity contribution in [3.8, 4) is 11.5 Å². The summed E-state index contributed by atoms with van der Waals surface area (Å²) < 4.78 is 38.4. The Balaban J connectivity index is 1.37. The van der Waals surface area contributed by atoms with Gasteiger partial charge in [0.2, 0.25) is 10.0 Å². The van der Waals surface area contributed by atoms with E-state index >= 15 is 0 Å². The van der Waals surface area contributed by atoms with Crippen molar-refractivity contribution < 1.29 is 22.7 Å². The van der Waals surface area contributed by atoms with Gasteiger partial charge in [-0.05, 0) is 55.0 Å². The van der Waals surface area contributed by atoms with Gasteiger partial charge in [-0.2, -0.15) is 4.31 Å². The van der Waals surface area contributed by atoms with Gasteiger partial charge in [-0.3, -0.25) is 4.79 Å². The quantitative estimate of drug-likeness (QED) is 0.699. The number of sulfonamides is 1. The molecule has 160 valence electrons. The van der Waals surface area contributed by atoms with Gasteiger partial charge in [0, 0.05) is 37.6 Å². The summed E-state index contributed by atoms with van der Waals surface area (Å²) in [6.07, 6.45) is -0.118. The molecule has 1 amide bonds. The Morgan fingerprint density at radius 2 is 1.83 bits per heavy atom. The van der Waals surface area contributed by atoms with Crippen LogP contribution in [0, 0.1) is 0 Å². The average Bonchev–Trinajstić information content (AvgIpc) is 3.17. The first-order valence-electron chi connectivity index (χ1n) is 9.85. The predicted octanol–water partition coefficient (Wildman–Crippen LogP) is 2.58. The number of hydrogen-bond donors (Lipinski definition) is 0. The van der Waals surface area contributed by atoms with Gasteiger partial charge in [-0.15, -0.1) is 0 Å². The topological polar surface area (TPSA) is 76.2 Å². The fraction of sp³-hybridized carbons (Fsp3) is 0.381. The Bertz CT molecular complexity index is 1030. The largest absolute Gasteiger partial charge is 0.494 e.